The summed E-state index contributed by atoms with van der Waals surface area (Å²) in [6.45, 7) is 1.48. The van der Waals surface area contributed by atoms with E-state index in [1.54, 1.807) is 18.4 Å². The molecule has 1 unspecified atom stereocenters. The van der Waals surface area contributed by atoms with Gasteiger partial charge in [-0.15, -0.1) is 11.3 Å². The van der Waals surface area contributed by atoms with Gasteiger partial charge in [-0.2, -0.15) is 0 Å². The minimum Gasteiger partial charge on any atom is -0.496 e. The zero-order chi connectivity index (χ0) is 12.5. The van der Waals surface area contributed by atoms with Gasteiger partial charge < -0.3 is 9.47 Å². The number of hydrogen-bond acceptors (Lipinski definition) is 3. The second kappa shape index (κ2) is 5.03. The van der Waals surface area contributed by atoms with Crippen molar-refractivity contribution in [3.05, 3.63) is 51.2 Å². The Morgan fingerprint density at radius 1 is 1.28 bits per heavy atom. The van der Waals surface area contributed by atoms with Gasteiger partial charge in [0, 0.05) is 10.3 Å². The quantitative estimate of drug-likeness (QED) is 0.785. The van der Waals surface area contributed by atoms with Crippen LogP contribution in [0.15, 0.2) is 29.6 Å². The molecule has 1 aromatic heterocycles. The second-order valence-corrected chi connectivity index (χ2v) is 6.13. The number of fused-ring (bicyclic) bond motifs is 1. The van der Waals surface area contributed by atoms with Crippen molar-refractivity contribution >= 4 is 27.3 Å². The summed E-state index contributed by atoms with van der Waals surface area (Å²) in [6.07, 6.45) is 0. The molecule has 0 bridgehead atoms. The first-order valence-electron chi connectivity index (χ1n) is 5.74. The maximum Gasteiger partial charge on any atom is 0.129 e. The normalized spacial score (nSPS) is 15.4. The minimum absolute atomic E-state index is 0.220. The number of benzene rings is 1. The second-order valence-electron chi connectivity index (χ2n) is 4.27. The standard InChI is InChI=1S/C14H13BrO2S/c1-16-12-5-13(18-8-12)14(15)9-2-3-10-6-17-7-11(10)4-9/h2-5,8,14H,6-7H2,1H3. The van der Waals surface area contributed by atoms with Crippen LogP contribution in [0.5, 0.6) is 5.75 Å². The van der Waals surface area contributed by atoms with Crippen molar-refractivity contribution in [2.75, 3.05) is 7.11 Å². The van der Waals surface area contributed by atoms with Crippen LogP contribution in [-0.4, -0.2) is 7.11 Å². The Hall–Kier alpha value is -0.840. The zero-order valence-corrected chi connectivity index (χ0v) is 12.4. The van der Waals surface area contributed by atoms with Gasteiger partial charge in [-0.25, -0.2) is 0 Å². The largest absolute Gasteiger partial charge is 0.496 e. The van der Waals surface area contributed by atoms with Gasteiger partial charge in [-0.1, -0.05) is 34.1 Å². The Balaban J connectivity index is 1.89. The fourth-order valence-electron chi connectivity index (χ4n) is 2.09. The highest BCUT2D eigenvalue weighted by molar-refractivity contribution is 9.09. The van der Waals surface area contributed by atoms with Crippen molar-refractivity contribution in [1.82, 2.24) is 0 Å². The molecule has 0 radical (unpaired) electrons. The molecule has 0 spiro atoms. The molecule has 0 saturated heterocycles. The Labute approximate surface area is 119 Å². The van der Waals surface area contributed by atoms with Gasteiger partial charge in [0.1, 0.15) is 5.75 Å². The zero-order valence-electron chi connectivity index (χ0n) is 9.98. The summed E-state index contributed by atoms with van der Waals surface area (Å²) in [5.74, 6) is 0.920. The number of rotatable bonds is 3. The van der Waals surface area contributed by atoms with Gasteiger partial charge in [0.05, 0.1) is 25.2 Å². The van der Waals surface area contributed by atoms with E-state index in [0.717, 1.165) is 19.0 Å². The van der Waals surface area contributed by atoms with Crippen LogP contribution in [0.25, 0.3) is 0 Å². The molecule has 1 aliphatic heterocycles. The summed E-state index contributed by atoms with van der Waals surface area (Å²) in [4.78, 5) is 1.48. The summed E-state index contributed by atoms with van der Waals surface area (Å²) in [7, 11) is 1.70. The van der Waals surface area contributed by atoms with Crippen molar-refractivity contribution in [3.63, 3.8) is 0 Å². The highest BCUT2D eigenvalue weighted by Crippen LogP contribution is 2.38. The van der Waals surface area contributed by atoms with Gasteiger partial charge in [-0.05, 0) is 22.8 Å². The predicted octanol–water partition coefficient (Wildman–Crippen LogP) is 4.27. The minimum atomic E-state index is 0.220. The number of ether oxygens (including phenoxy) is 2. The van der Waals surface area contributed by atoms with Crippen LogP contribution in [0.1, 0.15) is 26.4 Å². The summed E-state index contributed by atoms with van der Waals surface area (Å²) < 4.78 is 10.7. The van der Waals surface area contributed by atoms with Gasteiger partial charge >= 0.3 is 0 Å². The van der Waals surface area contributed by atoms with E-state index in [9.17, 15) is 0 Å². The molecule has 0 saturated carbocycles. The molecule has 3 rings (SSSR count). The summed E-state index contributed by atoms with van der Waals surface area (Å²) in [5.41, 5.74) is 3.88. The number of alkyl halides is 1. The average Bonchev–Trinajstić information content (AvgIpc) is 3.05. The van der Waals surface area contributed by atoms with Crippen LogP contribution in [0, 0.1) is 0 Å². The highest BCUT2D eigenvalue weighted by atomic mass is 79.9. The highest BCUT2D eigenvalue weighted by Gasteiger charge is 2.17. The van der Waals surface area contributed by atoms with E-state index in [4.69, 9.17) is 9.47 Å². The van der Waals surface area contributed by atoms with E-state index in [-0.39, 0.29) is 4.83 Å². The molecule has 0 N–H and O–H groups in total. The molecule has 2 nitrogen and oxygen atoms in total. The third-order valence-electron chi connectivity index (χ3n) is 3.12. The molecule has 1 aliphatic rings. The van der Waals surface area contributed by atoms with Gasteiger partial charge in [0.2, 0.25) is 0 Å². The smallest absolute Gasteiger partial charge is 0.129 e. The van der Waals surface area contributed by atoms with E-state index < -0.39 is 0 Å². The van der Waals surface area contributed by atoms with Crippen LogP contribution in [0.4, 0.5) is 0 Å². The fraction of sp³-hybridized carbons (Fsp3) is 0.286. The first-order chi connectivity index (χ1) is 8.78. The predicted molar refractivity (Wildman–Crippen MR) is 76.6 cm³/mol. The molecule has 2 heterocycles. The van der Waals surface area contributed by atoms with Crippen LogP contribution < -0.4 is 4.74 Å². The Kier molecular flexibility index (Phi) is 3.41. The SMILES string of the molecule is COc1csc(C(Br)c2ccc3c(c2)COC3)c1. The molecule has 4 heteroatoms. The number of halogens is 1. The first kappa shape index (κ1) is 12.2. The van der Waals surface area contributed by atoms with Crippen LogP contribution in [0.3, 0.4) is 0 Å². The van der Waals surface area contributed by atoms with Gasteiger partial charge in [-0.3, -0.25) is 0 Å². The molecule has 18 heavy (non-hydrogen) atoms. The van der Waals surface area contributed by atoms with E-state index in [2.05, 4.69) is 40.2 Å². The molecule has 1 aromatic carbocycles. The molecular formula is C14H13BrO2S. The molecule has 1 atom stereocenters. The third-order valence-corrected chi connectivity index (χ3v) is 5.42. The van der Waals surface area contributed by atoms with E-state index in [1.165, 1.54) is 21.6 Å². The van der Waals surface area contributed by atoms with Crippen molar-refractivity contribution < 1.29 is 9.47 Å². The van der Waals surface area contributed by atoms with Crippen molar-refractivity contribution in [3.8, 4) is 5.75 Å². The van der Waals surface area contributed by atoms with Crippen molar-refractivity contribution in [2.45, 2.75) is 18.0 Å². The molecule has 0 aliphatic carbocycles. The Bertz CT molecular complexity index is 565. The van der Waals surface area contributed by atoms with Crippen molar-refractivity contribution in [1.29, 1.82) is 0 Å². The lowest BCUT2D eigenvalue weighted by atomic mass is 10.0. The van der Waals surface area contributed by atoms with Crippen molar-refractivity contribution in [2.24, 2.45) is 0 Å². The fourth-order valence-corrected chi connectivity index (χ4v) is 3.69. The van der Waals surface area contributed by atoms with Crippen LogP contribution >= 0.6 is 27.3 Å². The lowest BCUT2D eigenvalue weighted by Crippen LogP contribution is -1.92. The number of thiophene rings is 1. The lowest BCUT2D eigenvalue weighted by molar-refractivity contribution is 0.134. The molecular weight excluding hydrogens is 312 g/mol. The Morgan fingerprint density at radius 2 is 2.11 bits per heavy atom. The molecule has 94 valence electrons. The molecule has 0 fully saturated rings. The van der Waals surface area contributed by atoms with Crippen LogP contribution in [-0.2, 0) is 18.0 Å². The van der Waals surface area contributed by atoms with E-state index >= 15 is 0 Å². The number of hydrogen-bond donors (Lipinski definition) is 0. The first-order valence-corrected chi connectivity index (χ1v) is 7.53. The number of methoxy groups -OCH3 is 1. The van der Waals surface area contributed by atoms with Gasteiger partial charge in [0.25, 0.3) is 0 Å². The van der Waals surface area contributed by atoms with Crippen LogP contribution in [0.2, 0.25) is 0 Å². The molecule has 0 amide bonds. The third kappa shape index (κ3) is 2.20. The lowest BCUT2D eigenvalue weighted by Gasteiger charge is -2.09. The summed E-state index contributed by atoms with van der Waals surface area (Å²) in [5, 5.41) is 2.03. The monoisotopic (exact) mass is 324 g/mol. The maximum absolute atomic E-state index is 5.44. The Morgan fingerprint density at radius 3 is 2.89 bits per heavy atom. The average molecular weight is 325 g/mol. The maximum atomic E-state index is 5.44. The topological polar surface area (TPSA) is 18.5 Å². The van der Waals surface area contributed by atoms with E-state index in [0.29, 0.717) is 0 Å². The summed E-state index contributed by atoms with van der Waals surface area (Å²) in [6, 6.07) is 8.64. The van der Waals surface area contributed by atoms with Gasteiger partial charge in [0.15, 0.2) is 0 Å². The summed E-state index contributed by atoms with van der Waals surface area (Å²) >= 11 is 5.47. The molecule has 2 aromatic rings. The van der Waals surface area contributed by atoms with E-state index in [1.807, 2.05) is 5.38 Å².